The highest BCUT2D eigenvalue weighted by Crippen LogP contribution is 2.26. The monoisotopic (exact) mass is 277 g/mol. The molecule has 1 amide bonds. The summed E-state index contributed by atoms with van der Waals surface area (Å²) >= 11 is 0. The second-order valence-corrected chi connectivity index (χ2v) is 5.29. The molecule has 0 aliphatic carbocycles. The number of benzene rings is 1. The Hall–Kier alpha value is -1.75. The fraction of sp³-hybridized carbons (Fsp3) is 0.533. The van der Waals surface area contributed by atoms with Crippen molar-refractivity contribution >= 4 is 17.3 Å². The van der Waals surface area contributed by atoms with E-state index in [4.69, 9.17) is 10.5 Å². The van der Waals surface area contributed by atoms with Gasteiger partial charge in [-0.3, -0.25) is 4.79 Å². The Kier molecular flexibility index (Phi) is 4.84. The van der Waals surface area contributed by atoms with E-state index in [0.29, 0.717) is 17.2 Å². The van der Waals surface area contributed by atoms with Gasteiger partial charge in [0, 0.05) is 39.4 Å². The van der Waals surface area contributed by atoms with Crippen LogP contribution in [0.3, 0.4) is 0 Å². The first kappa shape index (κ1) is 14.7. The Morgan fingerprint density at radius 3 is 2.75 bits per heavy atom. The summed E-state index contributed by atoms with van der Waals surface area (Å²) in [5.74, 6) is 0.530. The van der Waals surface area contributed by atoms with E-state index >= 15 is 0 Å². The molecule has 1 aliphatic rings. The third kappa shape index (κ3) is 3.42. The zero-order chi connectivity index (χ0) is 14.5. The van der Waals surface area contributed by atoms with Crippen molar-refractivity contribution in [2.75, 3.05) is 44.5 Å². The minimum atomic E-state index is -0.115. The number of hydrogen-bond donors (Lipinski definition) is 2. The minimum absolute atomic E-state index is 0.115. The van der Waals surface area contributed by atoms with Gasteiger partial charge in [-0.05, 0) is 37.0 Å². The first-order valence-electron chi connectivity index (χ1n) is 7.02. The van der Waals surface area contributed by atoms with Gasteiger partial charge in [-0.15, -0.1) is 0 Å². The summed E-state index contributed by atoms with van der Waals surface area (Å²) in [5.41, 5.74) is 8.28. The second-order valence-electron chi connectivity index (χ2n) is 5.29. The average Bonchev–Trinajstić information content (AvgIpc) is 2.47. The SMILES string of the molecule is CNC(=O)c1ccc(N(C)CC2CCOCC2)c(N)c1. The number of anilines is 2. The van der Waals surface area contributed by atoms with Crippen LogP contribution in [0.15, 0.2) is 18.2 Å². The van der Waals surface area contributed by atoms with Crippen LogP contribution >= 0.6 is 0 Å². The van der Waals surface area contributed by atoms with Crippen LogP contribution in [0, 0.1) is 5.92 Å². The van der Waals surface area contributed by atoms with Crippen molar-refractivity contribution < 1.29 is 9.53 Å². The number of nitrogens with zero attached hydrogens (tertiary/aromatic N) is 1. The van der Waals surface area contributed by atoms with E-state index in [1.165, 1.54) is 0 Å². The zero-order valence-electron chi connectivity index (χ0n) is 12.2. The topological polar surface area (TPSA) is 67.6 Å². The lowest BCUT2D eigenvalue weighted by atomic mass is 9.99. The lowest BCUT2D eigenvalue weighted by molar-refractivity contribution is 0.0685. The van der Waals surface area contributed by atoms with Crippen LogP contribution in [0.5, 0.6) is 0 Å². The molecule has 0 aromatic heterocycles. The van der Waals surface area contributed by atoms with Crippen LogP contribution in [0.25, 0.3) is 0 Å². The third-order valence-electron chi connectivity index (χ3n) is 3.80. The Morgan fingerprint density at radius 1 is 1.45 bits per heavy atom. The van der Waals surface area contributed by atoms with Crippen LogP contribution < -0.4 is 16.0 Å². The molecular formula is C15H23N3O2. The van der Waals surface area contributed by atoms with Gasteiger partial charge >= 0.3 is 0 Å². The molecule has 0 radical (unpaired) electrons. The molecule has 1 aromatic carbocycles. The van der Waals surface area contributed by atoms with E-state index in [1.807, 2.05) is 19.2 Å². The van der Waals surface area contributed by atoms with E-state index in [1.54, 1.807) is 13.1 Å². The molecule has 0 unspecified atom stereocenters. The van der Waals surface area contributed by atoms with Crippen molar-refractivity contribution in [2.24, 2.45) is 5.92 Å². The van der Waals surface area contributed by atoms with E-state index in [-0.39, 0.29) is 5.91 Å². The zero-order valence-corrected chi connectivity index (χ0v) is 12.2. The van der Waals surface area contributed by atoms with Crippen molar-refractivity contribution in [3.8, 4) is 0 Å². The van der Waals surface area contributed by atoms with Gasteiger partial charge in [-0.1, -0.05) is 0 Å². The largest absolute Gasteiger partial charge is 0.397 e. The van der Waals surface area contributed by atoms with Gasteiger partial charge in [0.05, 0.1) is 11.4 Å². The number of carbonyl (C=O) groups excluding carboxylic acids is 1. The highest BCUT2D eigenvalue weighted by Gasteiger charge is 2.17. The first-order chi connectivity index (χ1) is 9.61. The molecule has 1 heterocycles. The molecule has 0 saturated carbocycles. The number of ether oxygens (including phenoxy) is 1. The van der Waals surface area contributed by atoms with Crippen molar-refractivity contribution in [3.63, 3.8) is 0 Å². The van der Waals surface area contributed by atoms with Gasteiger partial charge in [-0.2, -0.15) is 0 Å². The highest BCUT2D eigenvalue weighted by molar-refractivity contribution is 5.96. The summed E-state index contributed by atoms with van der Waals surface area (Å²) in [6.45, 7) is 2.67. The van der Waals surface area contributed by atoms with Gasteiger partial charge in [-0.25, -0.2) is 0 Å². The highest BCUT2D eigenvalue weighted by atomic mass is 16.5. The van der Waals surface area contributed by atoms with Crippen molar-refractivity contribution in [1.82, 2.24) is 5.32 Å². The van der Waals surface area contributed by atoms with Crippen LogP contribution in [-0.2, 0) is 4.74 Å². The number of nitrogens with two attached hydrogens (primary N) is 1. The summed E-state index contributed by atoms with van der Waals surface area (Å²) in [6, 6.07) is 5.46. The van der Waals surface area contributed by atoms with Crippen LogP contribution in [-0.4, -0.2) is 39.8 Å². The molecule has 2 rings (SSSR count). The summed E-state index contributed by atoms with van der Waals surface area (Å²) in [6.07, 6.45) is 2.20. The van der Waals surface area contributed by atoms with Crippen LogP contribution in [0.4, 0.5) is 11.4 Å². The summed E-state index contributed by atoms with van der Waals surface area (Å²) in [7, 11) is 3.66. The summed E-state index contributed by atoms with van der Waals surface area (Å²) in [4.78, 5) is 13.7. The number of hydrogen-bond acceptors (Lipinski definition) is 4. The normalized spacial score (nSPS) is 15.9. The lowest BCUT2D eigenvalue weighted by Gasteiger charge is -2.29. The molecule has 1 saturated heterocycles. The third-order valence-corrected chi connectivity index (χ3v) is 3.80. The number of amides is 1. The summed E-state index contributed by atoms with van der Waals surface area (Å²) in [5, 5.41) is 2.60. The molecule has 0 spiro atoms. The lowest BCUT2D eigenvalue weighted by Crippen LogP contribution is -2.30. The molecule has 5 heteroatoms. The van der Waals surface area contributed by atoms with Gasteiger partial charge < -0.3 is 20.7 Å². The predicted molar refractivity (Wildman–Crippen MR) is 81.1 cm³/mol. The predicted octanol–water partition coefficient (Wildman–Crippen LogP) is 1.49. The molecule has 1 aromatic rings. The molecular weight excluding hydrogens is 254 g/mol. The quantitative estimate of drug-likeness (QED) is 0.818. The van der Waals surface area contributed by atoms with E-state index < -0.39 is 0 Å². The Bertz CT molecular complexity index is 470. The Balaban J connectivity index is 2.05. The summed E-state index contributed by atoms with van der Waals surface area (Å²) < 4.78 is 5.38. The molecule has 1 aliphatic heterocycles. The fourth-order valence-corrected chi connectivity index (χ4v) is 2.60. The Labute approximate surface area is 120 Å². The van der Waals surface area contributed by atoms with Gasteiger partial charge in [0.1, 0.15) is 0 Å². The van der Waals surface area contributed by atoms with E-state index in [0.717, 1.165) is 38.3 Å². The second kappa shape index (κ2) is 6.61. The molecule has 1 fully saturated rings. The molecule has 0 atom stereocenters. The Morgan fingerprint density at radius 2 is 2.15 bits per heavy atom. The molecule has 3 N–H and O–H groups in total. The van der Waals surface area contributed by atoms with Crippen molar-refractivity contribution in [1.29, 1.82) is 0 Å². The average molecular weight is 277 g/mol. The van der Waals surface area contributed by atoms with Gasteiger partial charge in [0.25, 0.3) is 5.91 Å². The minimum Gasteiger partial charge on any atom is -0.397 e. The maximum Gasteiger partial charge on any atom is 0.251 e. The first-order valence-corrected chi connectivity index (χ1v) is 7.02. The van der Waals surface area contributed by atoms with Crippen molar-refractivity contribution in [2.45, 2.75) is 12.8 Å². The molecule has 20 heavy (non-hydrogen) atoms. The maximum atomic E-state index is 11.6. The van der Waals surface area contributed by atoms with Gasteiger partial charge in [0.2, 0.25) is 0 Å². The smallest absolute Gasteiger partial charge is 0.251 e. The van der Waals surface area contributed by atoms with E-state index in [2.05, 4.69) is 10.2 Å². The van der Waals surface area contributed by atoms with E-state index in [9.17, 15) is 4.79 Å². The molecule has 5 nitrogen and oxygen atoms in total. The standard InChI is InChI=1S/C15H23N3O2/c1-17-15(19)12-3-4-14(13(16)9-12)18(2)10-11-5-7-20-8-6-11/h3-4,9,11H,5-8,10,16H2,1-2H3,(H,17,19). The number of rotatable bonds is 4. The van der Waals surface area contributed by atoms with Gasteiger partial charge in [0.15, 0.2) is 0 Å². The number of nitrogen functional groups attached to an aromatic ring is 1. The molecule has 110 valence electrons. The van der Waals surface area contributed by atoms with Crippen LogP contribution in [0.2, 0.25) is 0 Å². The maximum absolute atomic E-state index is 11.6. The fourth-order valence-electron chi connectivity index (χ4n) is 2.60. The number of carbonyl (C=O) groups is 1. The number of nitrogens with one attached hydrogen (secondary N) is 1. The van der Waals surface area contributed by atoms with Crippen molar-refractivity contribution in [3.05, 3.63) is 23.8 Å². The molecule has 0 bridgehead atoms. The van der Waals surface area contributed by atoms with Crippen LogP contribution in [0.1, 0.15) is 23.2 Å².